The molecular weight excluding hydrogens is 264 g/mol. The van der Waals surface area contributed by atoms with Gasteiger partial charge in [0.15, 0.2) is 0 Å². The van der Waals surface area contributed by atoms with Crippen molar-refractivity contribution in [3.63, 3.8) is 0 Å². The highest BCUT2D eigenvalue weighted by molar-refractivity contribution is 5.98. The normalized spacial score (nSPS) is 17.2. The van der Waals surface area contributed by atoms with E-state index in [0.717, 1.165) is 18.9 Å². The summed E-state index contributed by atoms with van der Waals surface area (Å²) in [4.78, 5) is 12.1. The van der Waals surface area contributed by atoms with Gasteiger partial charge >= 0.3 is 0 Å². The molecule has 5 nitrogen and oxygen atoms in total. The molecule has 0 fully saturated rings. The van der Waals surface area contributed by atoms with E-state index < -0.39 is 0 Å². The predicted molar refractivity (Wildman–Crippen MR) is 82.5 cm³/mol. The molecule has 1 aliphatic rings. The molecule has 0 aliphatic carbocycles. The quantitative estimate of drug-likeness (QED) is 0.908. The van der Waals surface area contributed by atoms with Gasteiger partial charge in [-0.3, -0.25) is 4.79 Å². The van der Waals surface area contributed by atoms with Crippen molar-refractivity contribution in [1.29, 1.82) is 0 Å². The van der Waals surface area contributed by atoms with Crippen LogP contribution < -0.4 is 10.6 Å². The van der Waals surface area contributed by atoms with Crippen LogP contribution in [-0.4, -0.2) is 28.3 Å². The predicted octanol–water partition coefficient (Wildman–Crippen LogP) is 2.23. The third-order valence-electron chi connectivity index (χ3n) is 3.68. The summed E-state index contributed by atoms with van der Waals surface area (Å²) in [6.45, 7) is 5.51. The van der Waals surface area contributed by atoms with E-state index in [-0.39, 0.29) is 11.9 Å². The average Bonchev–Trinajstić information content (AvgIpc) is 2.90. The van der Waals surface area contributed by atoms with Gasteiger partial charge in [-0.2, -0.15) is 5.10 Å². The Kier molecular flexibility index (Phi) is 3.64. The lowest BCUT2D eigenvalue weighted by atomic mass is 9.98. The number of anilines is 1. The Balaban J connectivity index is 1.80. The Morgan fingerprint density at radius 2 is 2.14 bits per heavy atom. The van der Waals surface area contributed by atoms with E-state index >= 15 is 0 Å². The molecule has 0 saturated carbocycles. The average molecular weight is 284 g/mol. The fourth-order valence-corrected chi connectivity index (χ4v) is 2.66. The maximum Gasteiger partial charge on any atom is 0.256 e. The monoisotopic (exact) mass is 284 g/mol. The molecule has 1 unspecified atom stereocenters. The topological polar surface area (TPSA) is 59.0 Å². The second-order valence-electron chi connectivity index (χ2n) is 5.71. The van der Waals surface area contributed by atoms with Gasteiger partial charge in [-0.25, -0.2) is 4.68 Å². The number of hydrogen-bond donors (Lipinski definition) is 2. The van der Waals surface area contributed by atoms with Crippen LogP contribution in [0.4, 0.5) is 5.82 Å². The summed E-state index contributed by atoms with van der Waals surface area (Å²) in [6.07, 6.45) is 1.65. The highest BCUT2D eigenvalue weighted by Gasteiger charge is 2.25. The molecule has 1 aromatic heterocycles. The minimum absolute atomic E-state index is 0.0723. The first-order valence-corrected chi connectivity index (χ1v) is 7.30. The Hall–Kier alpha value is -2.30. The van der Waals surface area contributed by atoms with Gasteiger partial charge < -0.3 is 10.6 Å². The van der Waals surface area contributed by atoms with Crippen LogP contribution in [-0.2, 0) is 6.54 Å². The minimum Gasteiger partial charge on any atom is -0.369 e. The molecule has 5 heteroatoms. The van der Waals surface area contributed by atoms with Crippen LogP contribution >= 0.6 is 0 Å². The molecule has 2 aromatic rings. The van der Waals surface area contributed by atoms with Crippen molar-refractivity contribution in [2.75, 3.05) is 11.9 Å². The van der Waals surface area contributed by atoms with Crippen molar-refractivity contribution >= 4 is 11.7 Å². The molecule has 0 radical (unpaired) electrons. The fraction of sp³-hybridized carbons (Fsp3) is 0.375. The van der Waals surface area contributed by atoms with Crippen LogP contribution in [0, 0.1) is 0 Å². The zero-order valence-corrected chi connectivity index (χ0v) is 12.3. The zero-order valence-electron chi connectivity index (χ0n) is 12.3. The smallest absolute Gasteiger partial charge is 0.256 e. The maximum atomic E-state index is 12.1. The third kappa shape index (κ3) is 2.77. The summed E-state index contributed by atoms with van der Waals surface area (Å²) in [7, 11) is 0. The molecule has 0 bridgehead atoms. The molecule has 2 N–H and O–H groups in total. The van der Waals surface area contributed by atoms with E-state index in [0.29, 0.717) is 11.5 Å². The van der Waals surface area contributed by atoms with E-state index in [1.807, 2.05) is 24.6 Å². The second-order valence-corrected chi connectivity index (χ2v) is 5.71. The minimum atomic E-state index is -0.0723. The molecule has 1 aromatic carbocycles. The van der Waals surface area contributed by atoms with Crippen molar-refractivity contribution in [3.05, 3.63) is 47.7 Å². The van der Waals surface area contributed by atoms with Gasteiger partial charge in [0.1, 0.15) is 11.4 Å². The van der Waals surface area contributed by atoms with Crippen LogP contribution in [0.15, 0.2) is 36.5 Å². The first-order valence-electron chi connectivity index (χ1n) is 7.30. The summed E-state index contributed by atoms with van der Waals surface area (Å²) in [6, 6.07) is 10.5. The number of carbonyl (C=O) groups is 1. The summed E-state index contributed by atoms with van der Waals surface area (Å²) < 4.78 is 1.89. The highest BCUT2D eigenvalue weighted by atomic mass is 16.1. The molecule has 110 valence electrons. The maximum absolute atomic E-state index is 12.1. The first-order chi connectivity index (χ1) is 10.1. The van der Waals surface area contributed by atoms with E-state index in [4.69, 9.17) is 0 Å². The number of carbonyl (C=O) groups excluding carboxylic acids is 1. The number of amides is 1. The molecule has 0 saturated heterocycles. The van der Waals surface area contributed by atoms with Crippen LogP contribution in [0.5, 0.6) is 0 Å². The number of rotatable bonds is 3. The number of nitrogens with zero attached hydrogens (tertiary/aromatic N) is 2. The van der Waals surface area contributed by atoms with Gasteiger partial charge in [0, 0.05) is 18.5 Å². The lowest BCUT2D eigenvalue weighted by Crippen LogP contribution is -2.32. The molecular formula is C16H20N4O. The van der Waals surface area contributed by atoms with Gasteiger partial charge in [0.05, 0.1) is 12.7 Å². The van der Waals surface area contributed by atoms with E-state index in [9.17, 15) is 4.79 Å². The summed E-state index contributed by atoms with van der Waals surface area (Å²) in [5.41, 5.74) is 1.91. The second kappa shape index (κ2) is 5.60. The summed E-state index contributed by atoms with van der Waals surface area (Å²) in [5.74, 6) is 1.12. The molecule has 1 atom stereocenters. The van der Waals surface area contributed by atoms with E-state index in [1.54, 1.807) is 6.20 Å². The number of benzene rings is 1. The molecule has 3 rings (SSSR count). The summed E-state index contributed by atoms with van der Waals surface area (Å²) in [5, 5.41) is 10.6. The SMILES string of the molecule is CC(C)NC(=O)c1cnn2c1NCC(c1ccccc1)C2. The lowest BCUT2D eigenvalue weighted by molar-refractivity contribution is 0.0944. The molecule has 1 aliphatic heterocycles. The standard InChI is InChI=1S/C16H20N4O/c1-11(2)19-16(21)14-9-18-20-10-13(8-17-15(14)20)12-6-4-3-5-7-12/h3-7,9,11,13,17H,8,10H2,1-2H3,(H,19,21). The van der Waals surface area contributed by atoms with Gasteiger partial charge in [0.2, 0.25) is 0 Å². The molecule has 21 heavy (non-hydrogen) atoms. The number of nitrogens with one attached hydrogen (secondary N) is 2. The van der Waals surface area contributed by atoms with E-state index in [1.165, 1.54) is 5.56 Å². The lowest BCUT2D eigenvalue weighted by Gasteiger charge is -2.26. The van der Waals surface area contributed by atoms with E-state index in [2.05, 4.69) is 40.0 Å². The van der Waals surface area contributed by atoms with Crippen molar-refractivity contribution in [3.8, 4) is 0 Å². The van der Waals surface area contributed by atoms with Crippen LogP contribution in [0.3, 0.4) is 0 Å². The molecule has 2 heterocycles. The van der Waals surface area contributed by atoms with Gasteiger partial charge in [-0.1, -0.05) is 30.3 Å². The Morgan fingerprint density at radius 3 is 2.86 bits per heavy atom. The first kappa shape index (κ1) is 13.7. The van der Waals surface area contributed by atoms with Crippen molar-refractivity contribution in [2.45, 2.75) is 32.4 Å². The Morgan fingerprint density at radius 1 is 1.38 bits per heavy atom. The third-order valence-corrected chi connectivity index (χ3v) is 3.68. The Bertz CT molecular complexity index is 633. The van der Waals surface area contributed by atoms with Crippen molar-refractivity contribution in [2.24, 2.45) is 0 Å². The zero-order chi connectivity index (χ0) is 14.8. The van der Waals surface area contributed by atoms with Crippen LogP contribution in [0.1, 0.15) is 35.7 Å². The number of hydrogen-bond acceptors (Lipinski definition) is 3. The summed E-state index contributed by atoms with van der Waals surface area (Å²) >= 11 is 0. The molecule has 0 spiro atoms. The van der Waals surface area contributed by atoms with Gasteiger partial charge in [-0.05, 0) is 19.4 Å². The largest absolute Gasteiger partial charge is 0.369 e. The highest BCUT2D eigenvalue weighted by Crippen LogP contribution is 2.27. The van der Waals surface area contributed by atoms with Crippen molar-refractivity contribution in [1.82, 2.24) is 15.1 Å². The van der Waals surface area contributed by atoms with Crippen LogP contribution in [0.25, 0.3) is 0 Å². The van der Waals surface area contributed by atoms with Gasteiger partial charge in [0.25, 0.3) is 5.91 Å². The van der Waals surface area contributed by atoms with Crippen LogP contribution in [0.2, 0.25) is 0 Å². The van der Waals surface area contributed by atoms with Gasteiger partial charge in [-0.15, -0.1) is 0 Å². The fourth-order valence-electron chi connectivity index (χ4n) is 2.66. The number of fused-ring (bicyclic) bond motifs is 1. The molecule has 1 amide bonds. The number of aromatic nitrogens is 2. The van der Waals surface area contributed by atoms with Crippen molar-refractivity contribution < 1.29 is 4.79 Å². The Labute approximate surface area is 124 Å².